The molecule has 6 nitrogen and oxygen atoms in total. The molecule has 3 aromatic rings. The molecule has 2 aromatic carbocycles. The van der Waals surface area contributed by atoms with E-state index in [1.54, 1.807) is 32.4 Å². The first-order valence-electron chi connectivity index (χ1n) is 9.20. The number of carbonyl (C=O) groups is 1. The lowest BCUT2D eigenvalue weighted by atomic mass is 10.2. The van der Waals surface area contributed by atoms with Crippen molar-refractivity contribution in [3.8, 4) is 11.5 Å². The summed E-state index contributed by atoms with van der Waals surface area (Å²) in [7, 11) is 3.16. The number of aromatic nitrogens is 1. The molecule has 0 aliphatic carbocycles. The fourth-order valence-electron chi connectivity index (χ4n) is 3.65. The molecule has 0 saturated carbocycles. The number of anilines is 2. The molecule has 2 N–H and O–H groups in total. The number of ether oxygens (including phenoxy) is 2. The zero-order valence-electron chi connectivity index (χ0n) is 15.8. The number of hydrogen-bond donors (Lipinski definition) is 2. The summed E-state index contributed by atoms with van der Waals surface area (Å²) in [5.41, 5.74) is 2.90. The minimum atomic E-state index is -0.248. The van der Waals surface area contributed by atoms with Crippen LogP contribution in [0.1, 0.15) is 23.3 Å². The van der Waals surface area contributed by atoms with Crippen molar-refractivity contribution in [2.45, 2.75) is 12.8 Å². The van der Waals surface area contributed by atoms with Crippen LogP contribution >= 0.6 is 11.6 Å². The molecule has 0 radical (unpaired) electrons. The van der Waals surface area contributed by atoms with Crippen molar-refractivity contribution in [1.29, 1.82) is 0 Å². The highest BCUT2D eigenvalue weighted by molar-refractivity contribution is 6.33. The number of aromatic amines is 1. The van der Waals surface area contributed by atoms with E-state index >= 15 is 0 Å². The maximum absolute atomic E-state index is 12.7. The first-order valence-corrected chi connectivity index (χ1v) is 9.58. The van der Waals surface area contributed by atoms with Gasteiger partial charge in [-0.3, -0.25) is 4.79 Å². The van der Waals surface area contributed by atoms with Crippen LogP contribution < -0.4 is 19.7 Å². The summed E-state index contributed by atoms with van der Waals surface area (Å²) in [4.78, 5) is 18.1. The van der Waals surface area contributed by atoms with Gasteiger partial charge in [0.2, 0.25) is 0 Å². The van der Waals surface area contributed by atoms with Crippen molar-refractivity contribution >= 4 is 39.8 Å². The normalized spacial score (nSPS) is 13.8. The Morgan fingerprint density at radius 2 is 1.89 bits per heavy atom. The van der Waals surface area contributed by atoms with E-state index in [2.05, 4.69) is 15.2 Å². The van der Waals surface area contributed by atoms with Crippen LogP contribution in [0.15, 0.2) is 36.4 Å². The van der Waals surface area contributed by atoms with E-state index in [4.69, 9.17) is 21.1 Å². The van der Waals surface area contributed by atoms with Gasteiger partial charge in [-0.15, -0.1) is 0 Å². The summed E-state index contributed by atoms with van der Waals surface area (Å²) in [5, 5.41) is 4.33. The Morgan fingerprint density at radius 1 is 1.11 bits per heavy atom. The van der Waals surface area contributed by atoms with Gasteiger partial charge in [-0.1, -0.05) is 11.6 Å². The highest BCUT2D eigenvalue weighted by atomic mass is 35.5. The molecule has 0 unspecified atom stereocenters. The second-order valence-corrected chi connectivity index (χ2v) is 7.17. The molecule has 0 spiro atoms. The smallest absolute Gasteiger partial charge is 0.272 e. The van der Waals surface area contributed by atoms with Crippen LogP contribution in [0.25, 0.3) is 10.9 Å². The number of rotatable bonds is 5. The second-order valence-electron chi connectivity index (χ2n) is 6.76. The van der Waals surface area contributed by atoms with E-state index < -0.39 is 0 Å². The van der Waals surface area contributed by atoms with E-state index in [9.17, 15) is 4.79 Å². The fourth-order valence-corrected chi connectivity index (χ4v) is 3.95. The van der Waals surface area contributed by atoms with Gasteiger partial charge in [-0.25, -0.2) is 0 Å². The Balaban J connectivity index is 1.57. The molecule has 146 valence electrons. The Hall–Kier alpha value is -2.86. The van der Waals surface area contributed by atoms with Crippen LogP contribution in [-0.4, -0.2) is 38.2 Å². The van der Waals surface area contributed by atoms with Gasteiger partial charge in [0.05, 0.1) is 30.4 Å². The number of carbonyl (C=O) groups excluding carboxylic acids is 1. The van der Waals surface area contributed by atoms with Crippen LogP contribution in [0.2, 0.25) is 5.02 Å². The largest absolute Gasteiger partial charge is 0.493 e. The lowest BCUT2D eigenvalue weighted by Crippen LogP contribution is -2.18. The summed E-state index contributed by atoms with van der Waals surface area (Å²) in [6.07, 6.45) is 2.37. The van der Waals surface area contributed by atoms with Gasteiger partial charge in [0.1, 0.15) is 5.69 Å². The number of nitrogens with zero attached hydrogens (tertiary/aromatic N) is 1. The number of methoxy groups -OCH3 is 2. The highest BCUT2D eigenvalue weighted by Gasteiger charge is 2.18. The summed E-state index contributed by atoms with van der Waals surface area (Å²) in [5.74, 6) is 0.959. The van der Waals surface area contributed by atoms with Gasteiger partial charge in [-0.05, 0) is 49.2 Å². The number of halogens is 1. The van der Waals surface area contributed by atoms with Gasteiger partial charge >= 0.3 is 0 Å². The number of nitrogens with one attached hydrogen (secondary N) is 2. The quantitative estimate of drug-likeness (QED) is 0.653. The van der Waals surface area contributed by atoms with Crippen LogP contribution in [-0.2, 0) is 0 Å². The zero-order valence-corrected chi connectivity index (χ0v) is 16.6. The van der Waals surface area contributed by atoms with Crippen LogP contribution in [0, 0.1) is 0 Å². The van der Waals surface area contributed by atoms with Crippen molar-refractivity contribution in [2.75, 3.05) is 37.5 Å². The standard InChI is InChI=1S/C21H22ClN3O3/c1-27-19-8-6-16-14(20(19)28-2)12-17(24-16)21(26)23-13-5-7-18(15(22)11-13)25-9-3-4-10-25/h5-8,11-12,24H,3-4,9-10H2,1-2H3,(H,23,26). The van der Waals surface area contributed by atoms with Gasteiger partial charge in [0.25, 0.3) is 5.91 Å². The Bertz CT molecular complexity index is 1030. The molecule has 1 aliphatic rings. The molecule has 0 atom stereocenters. The molecule has 1 amide bonds. The monoisotopic (exact) mass is 399 g/mol. The van der Waals surface area contributed by atoms with Crippen molar-refractivity contribution in [3.05, 3.63) is 47.1 Å². The zero-order chi connectivity index (χ0) is 19.7. The van der Waals surface area contributed by atoms with Gasteiger partial charge in [0.15, 0.2) is 11.5 Å². The lowest BCUT2D eigenvalue weighted by molar-refractivity contribution is 0.102. The third-order valence-corrected chi connectivity index (χ3v) is 5.34. The third-order valence-electron chi connectivity index (χ3n) is 5.04. The fraction of sp³-hybridized carbons (Fsp3) is 0.286. The minimum Gasteiger partial charge on any atom is -0.493 e. The Labute approximate surface area is 168 Å². The molecule has 1 fully saturated rings. The molecular weight excluding hydrogens is 378 g/mol. The number of amides is 1. The summed E-state index contributed by atoms with van der Waals surface area (Å²) in [6, 6.07) is 11.0. The summed E-state index contributed by atoms with van der Waals surface area (Å²) < 4.78 is 10.8. The minimum absolute atomic E-state index is 0.248. The van der Waals surface area contributed by atoms with Gasteiger partial charge in [-0.2, -0.15) is 0 Å². The number of benzene rings is 2. The highest BCUT2D eigenvalue weighted by Crippen LogP contribution is 2.36. The first kappa shape index (κ1) is 18.5. The molecule has 4 rings (SSSR count). The molecule has 1 aliphatic heterocycles. The number of fused-ring (bicyclic) bond motifs is 1. The first-order chi connectivity index (χ1) is 13.6. The molecule has 2 heterocycles. The van der Waals surface area contributed by atoms with Gasteiger partial charge < -0.3 is 24.7 Å². The van der Waals surface area contributed by atoms with Crippen molar-refractivity contribution in [2.24, 2.45) is 0 Å². The molecule has 1 aromatic heterocycles. The number of hydrogen-bond acceptors (Lipinski definition) is 4. The van der Waals surface area contributed by atoms with Crippen molar-refractivity contribution in [1.82, 2.24) is 4.98 Å². The molecule has 7 heteroatoms. The van der Waals surface area contributed by atoms with Crippen molar-refractivity contribution in [3.63, 3.8) is 0 Å². The maximum atomic E-state index is 12.7. The average Bonchev–Trinajstić information content (AvgIpc) is 3.37. The van der Waals surface area contributed by atoms with Gasteiger partial charge in [0, 0.05) is 24.2 Å². The van der Waals surface area contributed by atoms with Crippen LogP contribution in [0.4, 0.5) is 11.4 Å². The van der Waals surface area contributed by atoms with Crippen molar-refractivity contribution < 1.29 is 14.3 Å². The molecular formula is C21H22ClN3O3. The molecule has 28 heavy (non-hydrogen) atoms. The SMILES string of the molecule is COc1ccc2[nH]c(C(=O)Nc3ccc(N4CCCC4)c(Cl)c3)cc2c1OC. The Kier molecular flexibility index (Phi) is 5.05. The van der Waals surface area contributed by atoms with Crippen LogP contribution in [0.3, 0.4) is 0 Å². The molecule has 1 saturated heterocycles. The Morgan fingerprint density at radius 3 is 2.57 bits per heavy atom. The number of H-pyrrole nitrogens is 1. The van der Waals surface area contributed by atoms with E-state index in [0.717, 1.165) is 29.7 Å². The molecule has 0 bridgehead atoms. The van der Waals surface area contributed by atoms with Crippen LogP contribution in [0.5, 0.6) is 11.5 Å². The maximum Gasteiger partial charge on any atom is 0.272 e. The lowest BCUT2D eigenvalue weighted by Gasteiger charge is -2.19. The summed E-state index contributed by atoms with van der Waals surface area (Å²) in [6.45, 7) is 2.04. The van der Waals surface area contributed by atoms with E-state index in [1.807, 2.05) is 18.2 Å². The van der Waals surface area contributed by atoms with E-state index in [1.165, 1.54) is 12.8 Å². The summed E-state index contributed by atoms with van der Waals surface area (Å²) >= 11 is 6.44. The average molecular weight is 400 g/mol. The predicted molar refractivity (Wildman–Crippen MR) is 112 cm³/mol. The van der Waals surface area contributed by atoms with E-state index in [-0.39, 0.29) is 5.91 Å². The van der Waals surface area contributed by atoms with E-state index in [0.29, 0.717) is 27.9 Å². The second kappa shape index (κ2) is 7.64. The third kappa shape index (κ3) is 3.36. The predicted octanol–water partition coefficient (Wildman–Crippen LogP) is 4.69. The topological polar surface area (TPSA) is 66.6 Å².